The van der Waals surface area contributed by atoms with E-state index < -0.39 is 6.36 Å². The summed E-state index contributed by atoms with van der Waals surface area (Å²) in [4.78, 5) is 4.15. The Morgan fingerprint density at radius 2 is 2.10 bits per heavy atom. The predicted octanol–water partition coefficient (Wildman–Crippen LogP) is 3.70. The highest BCUT2D eigenvalue weighted by molar-refractivity contribution is 9.10. The number of alkyl halides is 3. The van der Waals surface area contributed by atoms with E-state index in [1.165, 1.54) is 18.2 Å². The molecule has 0 aliphatic rings. The Morgan fingerprint density at radius 1 is 1.33 bits per heavy atom. The van der Waals surface area contributed by atoms with E-state index in [2.05, 4.69) is 25.7 Å². The van der Waals surface area contributed by atoms with E-state index in [0.717, 1.165) is 5.82 Å². The van der Waals surface area contributed by atoms with Crippen LogP contribution in [-0.2, 0) is 13.5 Å². The number of aromatic nitrogens is 2. The van der Waals surface area contributed by atoms with Crippen LogP contribution in [0.4, 0.5) is 13.2 Å². The van der Waals surface area contributed by atoms with E-state index >= 15 is 0 Å². The molecule has 114 valence electrons. The van der Waals surface area contributed by atoms with Crippen molar-refractivity contribution in [2.24, 2.45) is 7.05 Å². The highest BCUT2D eigenvalue weighted by atomic mass is 79.9. The summed E-state index contributed by atoms with van der Waals surface area (Å²) in [5, 5.41) is 0. The zero-order valence-electron chi connectivity index (χ0n) is 11.0. The second kappa shape index (κ2) is 6.38. The number of halogens is 4. The third kappa shape index (κ3) is 4.66. The molecule has 0 aliphatic carbocycles. The third-order valence-electron chi connectivity index (χ3n) is 2.64. The van der Waals surface area contributed by atoms with Crippen LogP contribution in [0.15, 0.2) is 35.1 Å². The molecule has 2 aromatic rings. The first-order valence-electron chi connectivity index (χ1n) is 5.99. The lowest BCUT2D eigenvalue weighted by Gasteiger charge is -2.12. The van der Waals surface area contributed by atoms with Crippen LogP contribution in [0.1, 0.15) is 5.82 Å². The summed E-state index contributed by atoms with van der Waals surface area (Å²) in [6.45, 7) is 0.372. The van der Waals surface area contributed by atoms with Gasteiger partial charge >= 0.3 is 6.36 Å². The molecule has 0 N–H and O–H groups in total. The van der Waals surface area contributed by atoms with E-state index in [-0.39, 0.29) is 10.2 Å². The maximum Gasteiger partial charge on any atom is 0.573 e. The van der Waals surface area contributed by atoms with Gasteiger partial charge in [-0.1, -0.05) is 0 Å². The molecule has 0 spiro atoms. The monoisotopic (exact) mass is 364 g/mol. The Morgan fingerprint density at radius 3 is 2.67 bits per heavy atom. The van der Waals surface area contributed by atoms with Gasteiger partial charge in [-0.2, -0.15) is 0 Å². The summed E-state index contributed by atoms with van der Waals surface area (Å²) in [5.41, 5.74) is 0. The van der Waals surface area contributed by atoms with Gasteiger partial charge in [0.15, 0.2) is 0 Å². The normalized spacial score (nSPS) is 11.5. The third-order valence-corrected chi connectivity index (χ3v) is 3.26. The second-order valence-electron chi connectivity index (χ2n) is 4.19. The molecule has 2 rings (SSSR count). The van der Waals surface area contributed by atoms with Crippen LogP contribution in [0.2, 0.25) is 0 Å². The van der Waals surface area contributed by atoms with Crippen molar-refractivity contribution in [2.75, 3.05) is 6.61 Å². The van der Waals surface area contributed by atoms with Crippen LogP contribution < -0.4 is 9.47 Å². The number of imidazole rings is 1. The second-order valence-corrected chi connectivity index (χ2v) is 5.05. The lowest BCUT2D eigenvalue weighted by molar-refractivity contribution is -0.274. The van der Waals surface area contributed by atoms with Gasteiger partial charge in [0.25, 0.3) is 0 Å². The van der Waals surface area contributed by atoms with Crippen molar-refractivity contribution in [3.05, 3.63) is 40.9 Å². The molecular weight excluding hydrogens is 353 g/mol. The quantitative estimate of drug-likeness (QED) is 0.811. The molecule has 0 radical (unpaired) electrons. The average molecular weight is 365 g/mol. The number of aryl methyl sites for hydroxylation is 1. The standard InChI is InChI=1S/C13H12BrF3N2O2/c1-19-6-5-18-12(19)4-7-20-9-2-3-11(10(14)8-9)21-13(15,16)17/h2-3,5-6,8H,4,7H2,1H3. The molecule has 0 amide bonds. The average Bonchev–Trinajstić information content (AvgIpc) is 2.77. The zero-order valence-corrected chi connectivity index (χ0v) is 12.6. The number of hydrogen-bond donors (Lipinski definition) is 0. The van der Waals surface area contributed by atoms with Gasteiger partial charge in [-0.15, -0.1) is 13.2 Å². The highest BCUT2D eigenvalue weighted by Crippen LogP contribution is 2.33. The fraction of sp³-hybridized carbons (Fsp3) is 0.308. The molecule has 4 nitrogen and oxygen atoms in total. The van der Waals surface area contributed by atoms with Crippen LogP contribution in [0, 0.1) is 0 Å². The van der Waals surface area contributed by atoms with Gasteiger partial charge in [-0.3, -0.25) is 0 Å². The molecule has 1 heterocycles. The van der Waals surface area contributed by atoms with E-state index in [4.69, 9.17) is 4.74 Å². The van der Waals surface area contributed by atoms with Crippen LogP contribution >= 0.6 is 15.9 Å². The van der Waals surface area contributed by atoms with Crippen molar-refractivity contribution in [1.82, 2.24) is 9.55 Å². The van der Waals surface area contributed by atoms with E-state index in [9.17, 15) is 13.2 Å². The lowest BCUT2D eigenvalue weighted by Crippen LogP contribution is -2.17. The Balaban J connectivity index is 1.93. The van der Waals surface area contributed by atoms with Gasteiger partial charge < -0.3 is 14.0 Å². The van der Waals surface area contributed by atoms with Gasteiger partial charge in [0, 0.05) is 25.9 Å². The molecule has 0 saturated heterocycles. The minimum absolute atomic E-state index is 0.175. The first-order valence-corrected chi connectivity index (χ1v) is 6.79. The molecule has 1 aromatic heterocycles. The van der Waals surface area contributed by atoms with Gasteiger partial charge in [0.05, 0.1) is 11.1 Å². The lowest BCUT2D eigenvalue weighted by atomic mass is 10.3. The van der Waals surface area contributed by atoms with Crippen LogP contribution in [0.5, 0.6) is 11.5 Å². The molecule has 0 bridgehead atoms. The largest absolute Gasteiger partial charge is 0.573 e. The molecule has 0 unspecified atom stereocenters. The van der Waals surface area contributed by atoms with Gasteiger partial charge in [-0.05, 0) is 34.1 Å². The van der Waals surface area contributed by atoms with Crippen molar-refractivity contribution in [3.8, 4) is 11.5 Å². The Kier molecular flexibility index (Phi) is 4.76. The molecule has 0 atom stereocenters. The predicted molar refractivity (Wildman–Crippen MR) is 73.2 cm³/mol. The summed E-state index contributed by atoms with van der Waals surface area (Å²) < 4.78 is 47.8. The van der Waals surface area contributed by atoms with E-state index in [1.807, 2.05) is 17.8 Å². The number of benzene rings is 1. The topological polar surface area (TPSA) is 36.3 Å². The number of hydrogen-bond acceptors (Lipinski definition) is 3. The summed E-state index contributed by atoms with van der Waals surface area (Å²) >= 11 is 3.02. The molecule has 1 aromatic carbocycles. The van der Waals surface area contributed by atoms with Crippen molar-refractivity contribution in [2.45, 2.75) is 12.8 Å². The number of ether oxygens (including phenoxy) is 2. The van der Waals surface area contributed by atoms with Crippen molar-refractivity contribution >= 4 is 15.9 Å². The minimum atomic E-state index is -4.72. The summed E-state index contributed by atoms with van der Waals surface area (Å²) in [5.74, 6) is 1.01. The van der Waals surface area contributed by atoms with Crippen molar-refractivity contribution < 1.29 is 22.6 Å². The van der Waals surface area contributed by atoms with E-state index in [0.29, 0.717) is 18.8 Å². The maximum atomic E-state index is 12.1. The highest BCUT2D eigenvalue weighted by Gasteiger charge is 2.31. The smallest absolute Gasteiger partial charge is 0.493 e. The first kappa shape index (κ1) is 15.7. The van der Waals surface area contributed by atoms with Gasteiger partial charge in [-0.25, -0.2) is 4.98 Å². The molecule has 0 aliphatic heterocycles. The maximum absolute atomic E-state index is 12.1. The summed E-state index contributed by atoms with van der Waals surface area (Å²) in [6, 6.07) is 4.05. The van der Waals surface area contributed by atoms with Crippen molar-refractivity contribution in [3.63, 3.8) is 0 Å². The number of nitrogens with zero attached hydrogens (tertiary/aromatic N) is 2. The summed E-state index contributed by atoms with van der Waals surface area (Å²) in [7, 11) is 1.88. The molecule has 0 fully saturated rings. The van der Waals surface area contributed by atoms with Gasteiger partial charge in [0.1, 0.15) is 17.3 Å². The SMILES string of the molecule is Cn1ccnc1CCOc1ccc(OC(F)(F)F)c(Br)c1. The van der Waals surface area contributed by atoms with Crippen LogP contribution in [0.25, 0.3) is 0 Å². The zero-order chi connectivity index (χ0) is 15.5. The molecule has 8 heteroatoms. The van der Waals surface area contributed by atoms with Crippen molar-refractivity contribution in [1.29, 1.82) is 0 Å². The molecule has 21 heavy (non-hydrogen) atoms. The summed E-state index contributed by atoms with van der Waals surface area (Å²) in [6.07, 6.45) is -0.602. The van der Waals surface area contributed by atoms with Gasteiger partial charge in [0.2, 0.25) is 0 Å². The minimum Gasteiger partial charge on any atom is -0.493 e. The Bertz CT molecular complexity index is 614. The fourth-order valence-corrected chi connectivity index (χ4v) is 2.12. The number of rotatable bonds is 5. The molecular formula is C13H12BrF3N2O2. The first-order chi connectivity index (χ1) is 9.85. The Labute approximate surface area is 127 Å². The van der Waals surface area contributed by atoms with E-state index in [1.54, 1.807) is 6.20 Å². The fourth-order valence-electron chi connectivity index (χ4n) is 1.68. The van der Waals surface area contributed by atoms with Crippen LogP contribution in [-0.4, -0.2) is 22.5 Å². The Hall–Kier alpha value is -1.70. The van der Waals surface area contributed by atoms with Crippen LogP contribution in [0.3, 0.4) is 0 Å². The molecule has 0 saturated carbocycles.